The third kappa shape index (κ3) is 4.04. The van der Waals surface area contributed by atoms with E-state index in [0.717, 1.165) is 19.7 Å². The van der Waals surface area contributed by atoms with Gasteiger partial charge in [0.2, 0.25) is 0 Å². The molecule has 0 spiro atoms. The van der Waals surface area contributed by atoms with Gasteiger partial charge in [-0.05, 0) is 39.8 Å². The summed E-state index contributed by atoms with van der Waals surface area (Å²) in [7, 11) is 2.23. The zero-order valence-electron chi connectivity index (χ0n) is 11.3. The van der Waals surface area contributed by atoms with E-state index in [9.17, 15) is 0 Å². The molecule has 1 aliphatic rings. The molecule has 0 aromatic rings. The second-order valence-corrected chi connectivity index (χ2v) is 4.93. The van der Waals surface area contributed by atoms with Crippen LogP contribution in [0.25, 0.3) is 0 Å². The van der Waals surface area contributed by atoms with Gasteiger partial charge in [0, 0.05) is 25.2 Å². The Labute approximate surface area is 101 Å². The van der Waals surface area contributed by atoms with Gasteiger partial charge in [0.15, 0.2) is 0 Å². The Morgan fingerprint density at radius 2 is 2.19 bits per heavy atom. The second kappa shape index (κ2) is 7.25. The Balaban J connectivity index is 2.32. The number of hydrogen-bond donors (Lipinski definition) is 1. The van der Waals surface area contributed by atoms with Crippen molar-refractivity contribution in [3.8, 4) is 0 Å². The Morgan fingerprint density at radius 3 is 2.69 bits per heavy atom. The maximum atomic E-state index is 5.62. The predicted molar refractivity (Wildman–Crippen MR) is 68.8 cm³/mol. The highest BCUT2D eigenvalue weighted by Crippen LogP contribution is 2.18. The summed E-state index contributed by atoms with van der Waals surface area (Å²) in [5, 5.41) is 3.61. The van der Waals surface area contributed by atoms with Crippen molar-refractivity contribution in [1.82, 2.24) is 10.2 Å². The molecule has 1 heterocycles. The summed E-state index contributed by atoms with van der Waals surface area (Å²) in [6.07, 6.45) is 3.99. The quantitative estimate of drug-likeness (QED) is 0.720. The van der Waals surface area contributed by atoms with E-state index in [2.05, 4.69) is 38.0 Å². The van der Waals surface area contributed by atoms with Crippen LogP contribution >= 0.6 is 0 Å². The van der Waals surface area contributed by atoms with Gasteiger partial charge in [-0.2, -0.15) is 0 Å². The summed E-state index contributed by atoms with van der Waals surface area (Å²) in [5.74, 6) is 0. The van der Waals surface area contributed by atoms with Crippen LogP contribution in [-0.2, 0) is 4.74 Å². The fourth-order valence-corrected chi connectivity index (χ4v) is 2.47. The monoisotopic (exact) mass is 228 g/mol. The van der Waals surface area contributed by atoms with E-state index in [1.807, 2.05) is 0 Å². The summed E-state index contributed by atoms with van der Waals surface area (Å²) in [6, 6.07) is 1.23. The molecule has 1 fully saturated rings. The lowest BCUT2D eigenvalue weighted by atomic mass is 10.1. The molecular weight excluding hydrogens is 200 g/mol. The van der Waals surface area contributed by atoms with Crippen molar-refractivity contribution in [1.29, 1.82) is 0 Å². The van der Waals surface area contributed by atoms with Crippen LogP contribution in [0.3, 0.4) is 0 Å². The molecule has 0 saturated carbocycles. The third-order valence-corrected chi connectivity index (χ3v) is 3.59. The summed E-state index contributed by atoms with van der Waals surface area (Å²) >= 11 is 0. The zero-order chi connectivity index (χ0) is 12.0. The molecule has 3 heteroatoms. The molecule has 0 radical (unpaired) electrons. The van der Waals surface area contributed by atoms with Crippen LogP contribution in [0.5, 0.6) is 0 Å². The summed E-state index contributed by atoms with van der Waals surface area (Å²) in [5.41, 5.74) is 0. The second-order valence-electron chi connectivity index (χ2n) is 4.93. The normalized spacial score (nSPS) is 27.6. The van der Waals surface area contributed by atoms with E-state index in [-0.39, 0.29) is 0 Å². The summed E-state index contributed by atoms with van der Waals surface area (Å²) in [4.78, 5) is 2.47. The minimum absolute atomic E-state index is 0.397. The molecule has 0 amide bonds. The van der Waals surface area contributed by atoms with Crippen molar-refractivity contribution in [2.75, 3.05) is 26.7 Å². The molecule has 16 heavy (non-hydrogen) atoms. The van der Waals surface area contributed by atoms with Crippen LogP contribution < -0.4 is 5.32 Å². The molecule has 3 atom stereocenters. The smallest absolute Gasteiger partial charge is 0.0702 e. The van der Waals surface area contributed by atoms with E-state index in [0.29, 0.717) is 18.2 Å². The molecule has 0 bridgehead atoms. The standard InChI is InChI=1S/C13H28N2O/c1-5-8-14-12(6-2)10-15(4)13-7-9-16-11(13)3/h11-14H,5-10H2,1-4H3. The topological polar surface area (TPSA) is 24.5 Å². The number of ether oxygens (including phenoxy) is 1. The highest BCUT2D eigenvalue weighted by Gasteiger charge is 2.28. The molecule has 1 rings (SSSR count). The van der Waals surface area contributed by atoms with E-state index < -0.39 is 0 Å². The number of likely N-dealkylation sites (N-methyl/N-ethyl adjacent to an activating group) is 1. The van der Waals surface area contributed by atoms with Crippen LogP contribution in [0.1, 0.15) is 40.0 Å². The van der Waals surface area contributed by atoms with Crippen molar-refractivity contribution < 1.29 is 4.74 Å². The third-order valence-electron chi connectivity index (χ3n) is 3.59. The molecule has 3 nitrogen and oxygen atoms in total. The van der Waals surface area contributed by atoms with Gasteiger partial charge in [0.05, 0.1) is 6.10 Å². The van der Waals surface area contributed by atoms with E-state index >= 15 is 0 Å². The summed E-state index contributed by atoms with van der Waals surface area (Å²) < 4.78 is 5.62. The fraction of sp³-hybridized carbons (Fsp3) is 1.00. The van der Waals surface area contributed by atoms with Crippen molar-refractivity contribution in [3.05, 3.63) is 0 Å². The minimum atomic E-state index is 0.397. The predicted octanol–water partition coefficient (Wildman–Crippen LogP) is 1.87. The van der Waals surface area contributed by atoms with Crippen LogP contribution in [-0.4, -0.2) is 49.8 Å². The van der Waals surface area contributed by atoms with Gasteiger partial charge in [-0.25, -0.2) is 0 Å². The lowest BCUT2D eigenvalue weighted by Crippen LogP contribution is -2.45. The van der Waals surface area contributed by atoms with Gasteiger partial charge < -0.3 is 10.1 Å². The maximum absolute atomic E-state index is 5.62. The zero-order valence-corrected chi connectivity index (χ0v) is 11.3. The Morgan fingerprint density at radius 1 is 1.44 bits per heavy atom. The molecule has 1 aliphatic heterocycles. The van der Waals surface area contributed by atoms with E-state index in [1.165, 1.54) is 19.3 Å². The molecule has 96 valence electrons. The minimum Gasteiger partial charge on any atom is -0.377 e. The van der Waals surface area contributed by atoms with Crippen molar-refractivity contribution >= 4 is 0 Å². The highest BCUT2D eigenvalue weighted by molar-refractivity contribution is 4.82. The molecule has 0 aromatic heterocycles. The number of nitrogens with zero attached hydrogens (tertiary/aromatic N) is 1. The summed E-state index contributed by atoms with van der Waals surface area (Å²) in [6.45, 7) is 9.86. The van der Waals surface area contributed by atoms with Crippen molar-refractivity contribution in [3.63, 3.8) is 0 Å². The largest absolute Gasteiger partial charge is 0.377 e. The van der Waals surface area contributed by atoms with Gasteiger partial charge in [-0.3, -0.25) is 4.90 Å². The molecule has 0 aliphatic carbocycles. The maximum Gasteiger partial charge on any atom is 0.0702 e. The SMILES string of the molecule is CCCNC(CC)CN(C)C1CCOC1C. The van der Waals surface area contributed by atoms with Crippen LogP contribution in [0.2, 0.25) is 0 Å². The first-order valence-corrected chi connectivity index (χ1v) is 6.74. The molecular formula is C13H28N2O. The van der Waals surface area contributed by atoms with Gasteiger partial charge in [0.25, 0.3) is 0 Å². The fourth-order valence-electron chi connectivity index (χ4n) is 2.47. The van der Waals surface area contributed by atoms with Crippen LogP contribution in [0, 0.1) is 0 Å². The van der Waals surface area contributed by atoms with Gasteiger partial charge in [-0.15, -0.1) is 0 Å². The van der Waals surface area contributed by atoms with Gasteiger partial charge in [-0.1, -0.05) is 13.8 Å². The van der Waals surface area contributed by atoms with E-state index in [1.54, 1.807) is 0 Å². The average Bonchev–Trinajstić information content (AvgIpc) is 2.70. The molecule has 0 aromatic carbocycles. The lowest BCUT2D eigenvalue weighted by molar-refractivity contribution is 0.0801. The van der Waals surface area contributed by atoms with Crippen molar-refractivity contribution in [2.24, 2.45) is 0 Å². The average molecular weight is 228 g/mol. The van der Waals surface area contributed by atoms with E-state index in [4.69, 9.17) is 4.74 Å². The first-order chi connectivity index (χ1) is 7.69. The molecule has 3 unspecified atom stereocenters. The van der Waals surface area contributed by atoms with Crippen LogP contribution in [0.4, 0.5) is 0 Å². The first-order valence-electron chi connectivity index (χ1n) is 6.74. The van der Waals surface area contributed by atoms with Crippen LogP contribution in [0.15, 0.2) is 0 Å². The number of nitrogens with one attached hydrogen (secondary N) is 1. The molecule has 1 saturated heterocycles. The Bertz CT molecular complexity index is 187. The first kappa shape index (κ1) is 13.9. The molecule has 1 N–H and O–H groups in total. The van der Waals surface area contributed by atoms with Gasteiger partial charge >= 0.3 is 0 Å². The number of hydrogen-bond acceptors (Lipinski definition) is 3. The van der Waals surface area contributed by atoms with Crippen molar-refractivity contribution in [2.45, 2.75) is 58.2 Å². The Kier molecular flexibility index (Phi) is 6.32. The Hall–Kier alpha value is -0.120. The lowest BCUT2D eigenvalue weighted by Gasteiger charge is -2.30. The number of rotatable bonds is 7. The highest BCUT2D eigenvalue weighted by atomic mass is 16.5. The van der Waals surface area contributed by atoms with Gasteiger partial charge in [0.1, 0.15) is 0 Å².